The molecule has 0 unspecified atom stereocenters. The molecule has 1 N–H and O–H groups in total. The number of carbonyl (C=O) groups excluding carboxylic acids is 1. The van der Waals surface area contributed by atoms with Crippen LogP contribution in [0, 0.1) is 5.82 Å². The van der Waals surface area contributed by atoms with Crippen LogP contribution in [0.3, 0.4) is 0 Å². The lowest BCUT2D eigenvalue weighted by Crippen LogP contribution is -2.30. The van der Waals surface area contributed by atoms with Gasteiger partial charge in [0.25, 0.3) is 0 Å². The van der Waals surface area contributed by atoms with Crippen LogP contribution >= 0.6 is 23.5 Å². The molecule has 3 heterocycles. The average molecular weight is 460 g/mol. The molecule has 2 aromatic heterocycles. The number of H-pyrrole nitrogens is 1. The van der Waals surface area contributed by atoms with Gasteiger partial charge in [-0.15, -0.1) is 10.2 Å². The zero-order valence-corrected chi connectivity index (χ0v) is 18.1. The first-order valence-electron chi connectivity index (χ1n) is 9.81. The van der Waals surface area contributed by atoms with Crippen LogP contribution in [0.4, 0.5) is 15.8 Å². The van der Waals surface area contributed by atoms with Crippen molar-refractivity contribution in [1.29, 1.82) is 0 Å². The monoisotopic (exact) mass is 459 g/mol. The Kier molecular flexibility index (Phi) is 4.58. The van der Waals surface area contributed by atoms with Crippen LogP contribution in [0.15, 0.2) is 81.7 Å². The van der Waals surface area contributed by atoms with E-state index in [1.54, 1.807) is 22.7 Å². The molecule has 0 saturated carbocycles. The molecule has 32 heavy (non-hydrogen) atoms. The number of nitrogens with one attached hydrogen (secondary N) is 1. The predicted molar refractivity (Wildman–Crippen MR) is 124 cm³/mol. The topological polar surface area (TPSA) is 74.8 Å². The van der Waals surface area contributed by atoms with Crippen molar-refractivity contribution in [2.75, 3.05) is 10.7 Å². The Morgan fingerprint density at radius 3 is 2.47 bits per heavy atom. The number of thioether (sulfide) groups is 1. The molecule has 0 spiro atoms. The second kappa shape index (κ2) is 7.61. The molecule has 0 radical (unpaired) electrons. The number of amides is 1. The standard InChI is InChI=1S/C23H14FN5OS2/c24-13-9-10-15-14(11-13)21-22(25-15)26-23(28-27-21)31-12-20(30)29-16-5-1-3-7-18(16)32-19-8-4-2-6-17(19)29/h1-11H,12H2,(H,25,26,28). The van der Waals surface area contributed by atoms with E-state index in [1.165, 1.54) is 23.9 Å². The van der Waals surface area contributed by atoms with E-state index >= 15 is 0 Å². The summed E-state index contributed by atoms with van der Waals surface area (Å²) in [6, 6.07) is 20.2. The van der Waals surface area contributed by atoms with Crippen molar-refractivity contribution in [3.8, 4) is 0 Å². The minimum atomic E-state index is -0.343. The fourth-order valence-electron chi connectivity index (χ4n) is 3.75. The number of aromatic nitrogens is 4. The molecule has 1 aliphatic rings. The van der Waals surface area contributed by atoms with Crippen LogP contribution in [-0.2, 0) is 4.79 Å². The Balaban J connectivity index is 1.29. The summed E-state index contributed by atoms with van der Waals surface area (Å²) in [7, 11) is 0. The molecule has 0 aliphatic carbocycles. The molecule has 1 aliphatic heterocycles. The summed E-state index contributed by atoms with van der Waals surface area (Å²) in [6.45, 7) is 0. The Morgan fingerprint density at radius 1 is 1.00 bits per heavy atom. The fourth-order valence-corrected chi connectivity index (χ4v) is 5.45. The van der Waals surface area contributed by atoms with E-state index in [-0.39, 0.29) is 17.5 Å². The highest BCUT2D eigenvalue weighted by molar-refractivity contribution is 8.00. The van der Waals surface area contributed by atoms with E-state index in [4.69, 9.17) is 0 Å². The maximum absolute atomic E-state index is 13.6. The zero-order chi connectivity index (χ0) is 21.7. The van der Waals surface area contributed by atoms with Gasteiger partial charge in [0.15, 0.2) is 5.65 Å². The molecule has 0 saturated heterocycles. The number of aromatic amines is 1. The first-order chi connectivity index (χ1) is 15.7. The second-order valence-corrected chi connectivity index (χ2v) is 9.19. The van der Waals surface area contributed by atoms with E-state index in [0.29, 0.717) is 21.7 Å². The number of fused-ring (bicyclic) bond motifs is 5. The normalized spacial score (nSPS) is 12.7. The predicted octanol–water partition coefficient (Wildman–Crippen LogP) is 5.57. The van der Waals surface area contributed by atoms with Crippen molar-refractivity contribution in [1.82, 2.24) is 20.2 Å². The van der Waals surface area contributed by atoms with Crippen LogP contribution in [0.2, 0.25) is 0 Å². The number of halogens is 1. The van der Waals surface area contributed by atoms with Crippen LogP contribution in [0.25, 0.3) is 22.1 Å². The van der Waals surface area contributed by atoms with Gasteiger partial charge >= 0.3 is 0 Å². The van der Waals surface area contributed by atoms with Crippen LogP contribution in [-0.4, -0.2) is 31.8 Å². The van der Waals surface area contributed by atoms with Gasteiger partial charge in [0.2, 0.25) is 11.1 Å². The molecule has 0 fully saturated rings. The van der Waals surface area contributed by atoms with Crippen molar-refractivity contribution < 1.29 is 9.18 Å². The first kappa shape index (κ1) is 19.3. The maximum atomic E-state index is 13.6. The van der Waals surface area contributed by atoms with Gasteiger partial charge < -0.3 is 4.98 Å². The maximum Gasteiger partial charge on any atom is 0.242 e. The summed E-state index contributed by atoms with van der Waals surface area (Å²) in [6.07, 6.45) is 0. The molecule has 9 heteroatoms. The molecule has 0 bridgehead atoms. The largest absolute Gasteiger partial charge is 0.338 e. The van der Waals surface area contributed by atoms with E-state index in [1.807, 2.05) is 48.5 Å². The Hall–Kier alpha value is -3.43. The number of para-hydroxylation sites is 2. The van der Waals surface area contributed by atoms with Crippen molar-refractivity contribution >= 4 is 62.9 Å². The summed E-state index contributed by atoms with van der Waals surface area (Å²) in [4.78, 5) is 24.8. The second-order valence-electron chi connectivity index (χ2n) is 7.16. The molecule has 6 rings (SSSR count). The Morgan fingerprint density at radius 2 is 1.72 bits per heavy atom. The number of hydrogen-bond donors (Lipinski definition) is 1. The van der Waals surface area contributed by atoms with Crippen molar-refractivity contribution in [2.45, 2.75) is 14.9 Å². The van der Waals surface area contributed by atoms with Gasteiger partial charge in [0, 0.05) is 20.7 Å². The van der Waals surface area contributed by atoms with Gasteiger partial charge in [-0.2, -0.15) is 0 Å². The quantitative estimate of drug-likeness (QED) is 0.356. The van der Waals surface area contributed by atoms with Gasteiger partial charge in [0.1, 0.15) is 11.3 Å². The van der Waals surface area contributed by atoms with Crippen molar-refractivity contribution in [3.63, 3.8) is 0 Å². The van der Waals surface area contributed by atoms with E-state index < -0.39 is 0 Å². The zero-order valence-electron chi connectivity index (χ0n) is 16.4. The minimum absolute atomic E-state index is 0.0717. The highest BCUT2D eigenvalue weighted by atomic mass is 32.2. The van der Waals surface area contributed by atoms with Crippen molar-refractivity contribution in [2.24, 2.45) is 0 Å². The third-order valence-electron chi connectivity index (χ3n) is 5.16. The van der Waals surface area contributed by atoms with Gasteiger partial charge in [-0.05, 0) is 42.5 Å². The molecule has 0 atom stereocenters. The lowest BCUT2D eigenvalue weighted by Gasteiger charge is -2.30. The van der Waals surface area contributed by atoms with Gasteiger partial charge in [-0.3, -0.25) is 9.69 Å². The number of nitrogens with zero attached hydrogens (tertiary/aromatic N) is 4. The average Bonchev–Trinajstić information content (AvgIpc) is 3.18. The Bertz CT molecular complexity index is 1470. The summed E-state index contributed by atoms with van der Waals surface area (Å²) < 4.78 is 13.6. The SMILES string of the molecule is O=C(CSc1nnc2c(n1)[nH]c1ccc(F)cc12)N1c2ccccc2Sc2ccccc21. The van der Waals surface area contributed by atoms with Gasteiger partial charge in [0.05, 0.1) is 17.1 Å². The number of benzene rings is 3. The number of rotatable bonds is 3. The number of hydrogen-bond acceptors (Lipinski definition) is 6. The molecule has 5 aromatic rings. The molecule has 3 aromatic carbocycles. The van der Waals surface area contributed by atoms with Crippen molar-refractivity contribution in [3.05, 3.63) is 72.5 Å². The van der Waals surface area contributed by atoms with Gasteiger partial charge in [-0.1, -0.05) is 47.8 Å². The molecule has 156 valence electrons. The van der Waals surface area contributed by atoms with Crippen LogP contribution in [0.1, 0.15) is 0 Å². The first-order valence-corrected chi connectivity index (χ1v) is 11.6. The smallest absolute Gasteiger partial charge is 0.242 e. The fraction of sp³-hybridized carbons (Fsp3) is 0.0435. The molecule has 1 amide bonds. The summed E-state index contributed by atoms with van der Waals surface area (Å²) >= 11 is 2.88. The third kappa shape index (κ3) is 3.21. The number of carbonyl (C=O) groups is 1. The summed E-state index contributed by atoms with van der Waals surface area (Å²) in [5, 5.41) is 9.37. The van der Waals surface area contributed by atoms with Crippen LogP contribution < -0.4 is 4.90 Å². The van der Waals surface area contributed by atoms with Gasteiger partial charge in [-0.25, -0.2) is 9.37 Å². The third-order valence-corrected chi connectivity index (χ3v) is 7.12. The lowest BCUT2D eigenvalue weighted by molar-refractivity contribution is -0.115. The van der Waals surface area contributed by atoms with E-state index in [2.05, 4.69) is 20.2 Å². The van der Waals surface area contributed by atoms with E-state index in [9.17, 15) is 9.18 Å². The highest BCUT2D eigenvalue weighted by Crippen LogP contribution is 2.48. The van der Waals surface area contributed by atoms with E-state index in [0.717, 1.165) is 26.7 Å². The lowest BCUT2D eigenvalue weighted by atomic mass is 10.2. The highest BCUT2D eigenvalue weighted by Gasteiger charge is 2.28. The summed E-state index contributed by atoms with van der Waals surface area (Å²) in [5.41, 5.74) is 3.50. The minimum Gasteiger partial charge on any atom is -0.338 e. The Labute approximate surface area is 190 Å². The molecular weight excluding hydrogens is 445 g/mol. The number of anilines is 2. The van der Waals surface area contributed by atoms with Crippen LogP contribution in [0.5, 0.6) is 0 Å². The molecule has 6 nitrogen and oxygen atoms in total. The summed E-state index contributed by atoms with van der Waals surface area (Å²) in [5.74, 6) is -0.267. The molecular formula is C23H14FN5OS2.